The van der Waals surface area contributed by atoms with Crippen molar-refractivity contribution in [1.29, 1.82) is 0 Å². The zero-order valence-electron chi connectivity index (χ0n) is 8.99. The van der Waals surface area contributed by atoms with E-state index in [0.717, 1.165) is 5.39 Å². The molecule has 0 N–H and O–H groups in total. The van der Waals surface area contributed by atoms with Crippen molar-refractivity contribution in [1.82, 2.24) is 0 Å². The Morgan fingerprint density at radius 3 is 2.38 bits per heavy atom. The van der Waals surface area contributed by atoms with Crippen LogP contribution in [-0.4, -0.2) is 14.7 Å². The molecule has 2 aromatic rings. The largest absolute Gasteiger partial charge is 0.224 e. The molecule has 2 rings (SSSR count). The summed E-state index contributed by atoms with van der Waals surface area (Å²) in [6.07, 6.45) is 1.17. The van der Waals surface area contributed by atoms with Gasteiger partial charge in [-0.15, -0.1) is 0 Å². The summed E-state index contributed by atoms with van der Waals surface area (Å²) < 4.78 is 36.0. The zero-order valence-corrected chi connectivity index (χ0v) is 9.81. The lowest BCUT2D eigenvalue weighted by molar-refractivity contribution is 0.601. The van der Waals surface area contributed by atoms with Crippen LogP contribution >= 0.6 is 0 Å². The fourth-order valence-electron chi connectivity index (χ4n) is 1.76. The molecule has 84 valence electrons. The molecule has 2 nitrogen and oxygen atoms in total. The van der Waals surface area contributed by atoms with Gasteiger partial charge in [0.1, 0.15) is 5.82 Å². The summed E-state index contributed by atoms with van der Waals surface area (Å²) in [4.78, 5) is 0.298. The van der Waals surface area contributed by atoms with Gasteiger partial charge in [-0.1, -0.05) is 12.1 Å². The first-order chi connectivity index (χ1) is 7.38. The van der Waals surface area contributed by atoms with Crippen molar-refractivity contribution in [3.63, 3.8) is 0 Å². The van der Waals surface area contributed by atoms with Crippen molar-refractivity contribution in [2.75, 3.05) is 6.26 Å². The van der Waals surface area contributed by atoms with Crippen LogP contribution in [0.4, 0.5) is 4.39 Å². The average Bonchev–Trinajstić information content (AvgIpc) is 2.14. The van der Waals surface area contributed by atoms with Crippen molar-refractivity contribution in [3.8, 4) is 0 Å². The number of rotatable bonds is 1. The van der Waals surface area contributed by atoms with Gasteiger partial charge < -0.3 is 0 Å². The lowest BCUT2D eigenvalue weighted by Gasteiger charge is -2.06. The molecule has 0 aliphatic rings. The van der Waals surface area contributed by atoms with Crippen LogP contribution in [0.15, 0.2) is 35.2 Å². The van der Waals surface area contributed by atoms with Gasteiger partial charge in [0.2, 0.25) is 0 Å². The third-order valence-electron chi connectivity index (χ3n) is 2.50. The molecule has 0 saturated heterocycles. The first-order valence-corrected chi connectivity index (χ1v) is 6.67. The Bertz CT molecular complexity index is 660. The maximum atomic E-state index is 13.0. The maximum absolute atomic E-state index is 13.0. The molecule has 2 aromatic carbocycles. The number of benzene rings is 2. The molecule has 0 heterocycles. The van der Waals surface area contributed by atoms with Crippen LogP contribution in [-0.2, 0) is 9.84 Å². The Kier molecular flexibility index (Phi) is 2.46. The predicted molar refractivity (Wildman–Crippen MR) is 61.8 cm³/mol. The molecule has 0 unspecified atom stereocenters. The number of halogens is 1. The first-order valence-electron chi connectivity index (χ1n) is 4.78. The Balaban J connectivity index is 2.83. The van der Waals surface area contributed by atoms with Gasteiger partial charge in [0.15, 0.2) is 9.84 Å². The third-order valence-corrected chi connectivity index (χ3v) is 3.73. The molecule has 0 fully saturated rings. The van der Waals surface area contributed by atoms with Gasteiger partial charge in [0, 0.05) is 6.26 Å². The van der Waals surface area contributed by atoms with Crippen molar-refractivity contribution in [2.24, 2.45) is 0 Å². The van der Waals surface area contributed by atoms with E-state index in [1.165, 1.54) is 18.4 Å². The van der Waals surface area contributed by atoms with E-state index in [4.69, 9.17) is 0 Å². The highest BCUT2D eigenvalue weighted by Gasteiger charge is 2.11. The van der Waals surface area contributed by atoms with Crippen LogP contribution in [0.3, 0.4) is 0 Å². The molecule has 0 spiro atoms. The minimum absolute atomic E-state index is 0.298. The molecule has 0 aromatic heterocycles. The van der Waals surface area contributed by atoms with Gasteiger partial charge >= 0.3 is 0 Å². The maximum Gasteiger partial charge on any atom is 0.175 e. The minimum Gasteiger partial charge on any atom is -0.224 e. The molecule has 0 amide bonds. The highest BCUT2D eigenvalue weighted by atomic mass is 32.2. The Morgan fingerprint density at radius 2 is 1.75 bits per heavy atom. The molecule has 0 bridgehead atoms. The van der Waals surface area contributed by atoms with E-state index >= 15 is 0 Å². The summed E-state index contributed by atoms with van der Waals surface area (Å²) in [7, 11) is -3.23. The van der Waals surface area contributed by atoms with Crippen LogP contribution in [0.2, 0.25) is 0 Å². The fourth-order valence-corrected chi connectivity index (χ4v) is 2.75. The van der Waals surface area contributed by atoms with E-state index in [9.17, 15) is 12.8 Å². The van der Waals surface area contributed by atoms with Crippen LogP contribution in [0, 0.1) is 12.7 Å². The molecule has 0 radical (unpaired) electrons. The first kappa shape index (κ1) is 11.1. The van der Waals surface area contributed by atoms with Crippen molar-refractivity contribution in [3.05, 3.63) is 41.7 Å². The number of sulfone groups is 1. The second kappa shape index (κ2) is 3.56. The van der Waals surface area contributed by atoms with Crippen molar-refractivity contribution >= 4 is 20.6 Å². The summed E-state index contributed by atoms with van der Waals surface area (Å²) >= 11 is 0. The average molecular weight is 238 g/mol. The van der Waals surface area contributed by atoms with E-state index in [1.54, 1.807) is 25.1 Å². The second-order valence-corrected chi connectivity index (χ2v) is 5.87. The van der Waals surface area contributed by atoms with E-state index in [-0.39, 0.29) is 5.82 Å². The van der Waals surface area contributed by atoms with Crippen LogP contribution < -0.4 is 0 Å². The number of hydrogen-bond donors (Lipinski definition) is 0. The molecule has 4 heteroatoms. The molecule has 0 aliphatic carbocycles. The van der Waals surface area contributed by atoms with Crippen LogP contribution in [0.5, 0.6) is 0 Å². The van der Waals surface area contributed by atoms with E-state index in [0.29, 0.717) is 15.8 Å². The predicted octanol–water partition coefficient (Wildman–Crippen LogP) is 2.69. The van der Waals surface area contributed by atoms with Gasteiger partial charge in [0.25, 0.3) is 0 Å². The van der Waals surface area contributed by atoms with Gasteiger partial charge in [-0.2, -0.15) is 0 Å². The normalized spacial score (nSPS) is 11.9. The Hall–Kier alpha value is -1.42. The van der Waals surface area contributed by atoms with Gasteiger partial charge in [-0.3, -0.25) is 0 Å². The number of hydrogen-bond acceptors (Lipinski definition) is 2. The molecule has 0 saturated carbocycles. The standard InChI is InChI=1S/C12H11FO2S/c1-8-5-10-6-11(13)4-3-9(10)7-12(8)16(2,14)15/h3-7H,1-2H3. The number of aryl methyl sites for hydroxylation is 1. The van der Waals surface area contributed by atoms with Crippen molar-refractivity contribution in [2.45, 2.75) is 11.8 Å². The van der Waals surface area contributed by atoms with Crippen LogP contribution in [0.1, 0.15) is 5.56 Å². The molecule has 0 atom stereocenters. The van der Waals surface area contributed by atoms with Gasteiger partial charge in [-0.05, 0) is 41.5 Å². The third kappa shape index (κ3) is 1.93. The topological polar surface area (TPSA) is 34.1 Å². The Labute approximate surface area is 93.6 Å². The summed E-state index contributed by atoms with van der Waals surface area (Å²) in [5.74, 6) is -0.320. The van der Waals surface area contributed by atoms with E-state index in [2.05, 4.69) is 0 Å². The fraction of sp³-hybridized carbons (Fsp3) is 0.167. The smallest absolute Gasteiger partial charge is 0.175 e. The highest BCUT2D eigenvalue weighted by Crippen LogP contribution is 2.23. The van der Waals surface area contributed by atoms with E-state index < -0.39 is 9.84 Å². The quantitative estimate of drug-likeness (QED) is 0.765. The number of fused-ring (bicyclic) bond motifs is 1. The molecule has 0 aliphatic heterocycles. The minimum atomic E-state index is -3.23. The van der Waals surface area contributed by atoms with Gasteiger partial charge in [0.05, 0.1) is 4.90 Å². The second-order valence-electron chi connectivity index (χ2n) is 3.88. The molecular weight excluding hydrogens is 227 g/mol. The van der Waals surface area contributed by atoms with Gasteiger partial charge in [-0.25, -0.2) is 12.8 Å². The highest BCUT2D eigenvalue weighted by molar-refractivity contribution is 7.90. The Morgan fingerprint density at radius 1 is 1.06 bits per heavy atom. The summed E-state index contributed by atoms with van der Waals surface area (Å²) in [5.41, 5.74) is 0.639. The lowest BCUT2D eigenvalue weighted by atomic mass is 10.1. The summed E-state index contributed by atoms with van der Waals surface area (Å²) in [6.45, 7) is 1.71. The van der Waals surface area contributed by atoms with Crippen molar-refractivity contribution < 1.29 is 12.8 Å². The van der Waals surface area contributed by atoms with Crippen LogP contribution in [0.25, 0.3) is 10.8 Å². The summed E-state index contributed by atoms with van der Waals surface area (Å²) in [5, 5.41) is 1.44. The molecular formula is C12H11FO2S. The zero-order chi connectivity index (χ0) is 11.9. The molecule has 16 heavy (non-hydrogen) atoms. The SMILES string of the molecule is Cc1cc2cc(F)ccc2cc1S(C)(=O)=O. The monoisotopic (exact) mass is 238 g/mol. The van der Waals surface area contributed by atoms with E-state index in [1.807, 2.05) is 0 Å². The summed E-state index contributed by atoms with van der Waals surface area (Å²) in [6, 6.07) is 7.57. The lowest BCUT2D eigenvalue weighted by Crippen LogP contribution is -1.99.